The smallest absolute Gasteiger partial charge is 0.322 e. The molecule has 0 aliphatic rings. The SMILES string of the molecule is CCCCC(NCCN=[N+]=[N-])C(=O)OC. The molecule has 0 aromatic heterocycles. The van der Waals surface area contributed by atoms with Gasteiger partial charge in [-0.1, -0.05) is 24.9 Å². The van der Waals surface area contributed by atoms with Crippen molar-refractivity contribution in [3.8, 4) is 0 Å². The fourth-order valence-corrected chi connectivity index (χ4v) is 1.19. The number of carbonyl (C=O) groups is 1. The topological polar surface area (TPSA) is 87.1 Å². The maximum atomic E-state index is 11.3. The molecule has 0 spiro atoms. The van der Waals surface area contributed by atoms with Crippen LogP contribution < -0.4 is 5.32 Å². The number of rotatable bonds is 8. The number of nitrogens with one attached hydrogen (secondary N) is 1. The van der Waals surface area contributed by atoms with Crippen molar-refractivity contribution in [1.29, 1.82) is 0 Å². The summed E-state index contributed by atoms with van der Waals surface area (Å²) in [7, 11) is 1.37. The zero-order valence-corrected chi connectivity index (χ0v) is 9.27. The van der Waals surface area contributed by atoms with Crippen LogP contribution in [0.3, 0.4) is 0 Å². The minimum absolute atomic E-state index is 0.260. The van der Waals surface area contributed by atoms with E-state index >= 15 is 0 Å². The molecule has 0 saturated heterocycles. The summed E-state index contributed by atoms with van der Waals surface area (Å²) < 4.78 is 4.66. The van der Waals surface area contributed by atoms with Gasteiger partial charge in [0, 0.05) is 18.0 Å². The van der Waals surface area contributed by atoms with Crippen LogP contribution in [0, 0.1) is 0 Å². The van der Waals surface area contributed by atoms with Crippen LogP contribution in [0.15, 0.2) is 5.11 Å². The number of ether oxygens (including phenoxy) is 1. The molecule has 0 aromatic rings. The average Bonchev–Trinajstić information content (AvgIpc) is 2.27. The first-order valence-electron chi connectivity index (χ1n) is 5.08. The molecule has 1 unspecified atom stereocenters. The van der Waals surface area contributed by atoms with Gasteiger partial charge in [-0.3, -0.25) is 4.79 Å². The maximum Gasteiger partial charge on any atom is 0.322 e. The number of esters is 1. The zero-order chi connectivity index (χ0) is 11.5. The van der Waals surface area contributed by atoms with E-state index in [1.165, 1.54) is 7.11 Å². The van der Waals surface area contributed by atoms with Crippen molar-refractivity contribution in [1.82, 2.24) is 5.32 Å². The van der Waals surface area contributed by atoms with Crippen LogP contribution in [0.1, 0.15) is 26.2 Å². The standard InChI is InChI=1S/C9H18N4O2/c1-3-4-5-8(9(14)15-2)11-6-7-12-13-10/h8,11H,3-7H2,1-2H3. The molecule has 0 fully saturated rings. The minimum Gasteiger partial charge on any atom is -0.468 e. The predicted octanol–water partition coefficient (Wildman–Crippen LogP) is 1.62. The molecule has 6 heteroatoms. The van der Waals surface area contributed by atoms with Crippen molar-refractivity contribution in [2.75, 3.05) is 20.2 Å². The third-order valence-corrected chi connectivity index (χ3v) is 2.00. The van der Waals surface area contributed by atoms with Gasteiger partial charge in [-0.2, -0.15) is 0 Å². The van der Waals surface area contributed by atoms with Crippen LogP contribution in [0.2, 0.25) is 0 Å². The summed E-state index contributed by atoms with van der Waals surface area (Å²) in [5, 5.41) is 6.38. The number of nitrogens with zero attached hydrogens (tertiary/aromatic N) is 3. The van der Waals surface area contributed by atoms with Crippen molar-refractivity contribution in [3.63, 3.8) is 0 Å². The molecule has 0 radical (unpaired) electrons. The van der Waals surface area contributed by atoms with Crippen LogP contribution in [0.4, 0.5) is 0 Å². The highest BCUT2D eigenvalue weighted by atomic mass is 16.5. The molecule has 0 amide bonds. The molecule has 1 atom stereocenters. The lowest BCUT2D eigenvalue weighted by atomic mass is 10.1. The van der Waals surface area contributed by atoms with Crippen molar-refractivity contribution in [2.45, 2.75) is 32.2 Å². The second-order valence-corrected chi connectivity index (χ2v) is 3.13. The third-order valence-electron chi connectivity index (χ3n) is 2.00. The van der Waals surface area contributed by atoms with Gasteiger partial charge in [0.05, 0.1) is 7.11 Å². The first-order valence-corrected chi connectivity index (χ1v) is 5.08. The van der Waals surface area contributed by atoms with Crippen LogP contribution in [-0.4, -0.2) is 32.2 Å². The van der Waals surface area contributed by atoms with Gasteiger partial charge >= 0.3 is 5.97 Å². The normalized spacial score (nSPS) is 11.6. The van der Waals surface area contributed by atoms with Gasteiger partial charge in [0.1, 0.15) is 6.04 Å². The lowest BCUT2D eigenvalue weighted by molar-refractivity contribution is -0.143. The molecule has 0 rings (SSSR count). The lowest BCUT2D eigenvalue weighted by Gasteiger charge is -2.15. The number of methoxy groups -OCH3 is 1. The van der Waals surface area contributed by atoms with Crippen LogP contribution in [0.5, 0.6) is 0 Å². The monoisotopic (exact) mass is 214 g/mol. The van der Waals surface area contributed by atoms with Crippen LogP contribution in [0.25, 0.3) is 10.4 Å². The summed E-state index contributed by atoms with van der Waals surface area (Å²) >= 11 is 0. The van der Waals surface area contributed by atoms with Gasteiger partial charge in [-0.05, 0) is 12.0 Å². The Bertz CT molecular complexity index is 226. The van der Waals surface area contributed by atoms with Crippen molar-refractivity contribution >= 4 is 5.97 Å². The number of unbranched alkanes of at least 4 members (excludes halogenated alkanes) is 1. The minimum atomic E-state index is -0.288. The molecule has 0 saturated carbocycles. The number of hydrogen-bond acceptors (Lipinski definition) is 4. The van der Waals surface area contributed by atoms with E-state index in [2.05, 4.69) is 27.0 Å². The second-order valence-electron chi connectivity index (χ2n) is 3.13. The fourth-order valence-electron chi connectivity index (χ4n) is 1.19. The summed E-state index contributed by atoms with van der Waals surface area (Å²) in [5.74, 6) is -0.260. The number of azide groups is 1. The second kappa shape index (κ2) is 9.30. The van der Waals surface area contributed by atoms with Gasteiger partial charge in [-0.25, -0.2) is 0 Å². The van der Waals surface area contributed by atoms with Crippen molar-refractivity contribution in [3.05, 3.63) is 10.4 Å². The van der Waals surface area contributed by atoms with E-state index in [1.54, 1.807) is 0 Å². The number of hydrogen-bond donors (Lipinski definition) is 1. The Morgan fingerprint density at radius 2 is 2.40 bits per heavy atom. The number of carbonyl (C=O) groups excluding carboxylic acids is 1. The Morgan fingerprint density at radius 3 is 2.93 bits per heavy atom. The third kappa shape index (κ3) is 6.76. The predicted molar refractivity (Wildman–Crippen MR) is 57.3 cm³/mol. The summed E-state index contributed by atoms with van der Waals surface area (Å²) in [6.07, 6.45) is 2.75. The highest BCUT2D eigenvalue weighted by Crippen LogP contribution is 2.02. The van der Waals surface area contributed by atoms with Gasteiger partial charge < -0.3 is 10.1 Å². The summed E-state index contributed by atoms with van der Waals surface area (Å²) in [6, 6.07) is -0.288. The van der Waals surface area contributed by atoms with E-state index in [0.29, 0.717) is 13.1 Å². The largest absolute Gasteiger partial charge is 0.468 e. The first kappa shape index (κ1) is 13.7. The van der Waals surface area contributed by atoms with Crippen LogP contribution >= 0.6 is 0 Å². The van der Waals surface area contributed by atoms with E-state index in [9.17, 15) is 4.79 Å². The molecule has 0 aromatic carbocycles. The molecular weight excluding hydrogens is 196 g/mol. The van der Waals surface area contributed by atoms with Gasteiger partial charge in [-0.15, -0.1) is 0 Å². The van der Waals surface area contributed by atoms with E-state index in [4.69, 9.17) is 5.53 Å². The van der Waals surface area contributed by atoms with Gasteiger partial charge in [0.15, 0.2) is 0 Å². The summed E-state index contributed by atoms with van der Waals surface area (Å²) in [5.41, 5.74) is 8.07. The molecule has 0 aliphatic heterocycles. The van der Waals surface area contributed by atoms with Gasteiger partial charge in [0.2, 0.25) is 0 Å². The first-order chi connectivity index (χ1) is 7.26. The average molecular weight is 214 g/mol. The molecule has 15 heavy (non-hydrogen) atoms. The van der Waals surface area contributed by atoms with Gasteiger partial charge in [0.25, 0.3) is 0 Å². The quantitative estimate of drug-likeness (QED) is 0.219. The van der Waals surface area contributed by atoms with E-state index in [-0.39, 0.29) is 12.0 Å². The molecule has 0 heterocycles. The highest BCUT2D eigenvalue weighted by Gasteiger charge is 2.16. The highest BCUT2D eigenvalue weighted by molar-refractivity contribution is 5.75. The Kier molecular flexibility index (Phi) is 8.52. The molecule has 0 aliphatic carbocycles. The summed E-state index contributed by atoms with van der Waals surface area (Å²) in [4.78, 5) is 13.9. The fraction of sp³-hybridized carbons (Fsp3) is 0.889. The zero-order valence-electron chi connectivity index (χ0n) is 9.27. The Hall–Kier alpha value is -1.26. The van der Waals surface area contributed by atoms with E-state index in [1.807, 2.05) is 0 Å². The molecule has 6 nitrogen and oxygen atoms in total. The molecular formula is C9H18N4O2. The van der Waals surface area contributed by atoms with E-state index in [0.717, 1.165) is 19.3 Å². The Balaban J connectivity index is 3.89. The lowest BCUT2D eigenvalue weighted by Crippen LogP contribution is -2.38. The van der Waals surface area contributed by atoms with Crippen molar-refractivity contribution < 1.29 is 9.53 Å². The van der Waals surface area contributed by atoms with Crippen molar-refractivity contribution in [2.24, 2.45) is 5.11 Å². The Labute approximate surface area is 89.6 Å². The Morgan fingerprint density at radius 1 is 1.67 bits per heavy atom. The molecule has 1 N–H and O–H groups in total. The van der Waals surface area contributed by atoms with Crippen LogP contribution in [-0.2, 0) is 9.53 Å². The summed E-state index contributed by atoms with van der Waals surface area (Å²) in [6.45, 7) is 2.90. The maximum absolute atomic E-state index is 11.3. The molecule has 86 valence electrons. The van der Waals surface area contributed by atoms with E-state index < -0.39 is 0 Å². The molecule has 0 bridgehead atoms.